The van der Waals surface area contributed by atoms with Gasteiger partial charge < -0.3 is 14.6 Å². The normalized spacial score (nSPS) is 12.0. The number of hydrogen-bond acceptors (Lipinski definition) is 4. The van der Waals surface area contributed by atoms with Crippen LogP contribution in [0.15, 0.2) is 45.8 Å². The maximum Gasteiger partial charge on any atom is 0.133 e. The highest BCUT2D eigenvalue weighted by Crippen LogP contribution is 2.39. The molecular weight excluding hydrogens is 352 g/mol. The molecule has 5 heteroatoms. The molecular formula is C16H17BrO3S. The number of methoxy groups -OCH3 is 2. The molecule has 21 heavy (non-hydrogen) atoms. The predicted molar refractivity (Wildman–Crippen MR) is 89.5 cm³/mol. The zero-order chi connectivity index (χ0) is 15.4. The molecule has 0 fully saturated rings. The monoisotopic (exact) mass is 368 g/mol. The van der Waals surface area contributed by atoms with Gasteiger partial charge in [-0.1, -0.05) is 18.2 Å². The van der Waals surface area contributed by atoms with Crippen molar-refractivity contribution in [3.8, 4) is 11.5 Å². The summed E-state index contributed by atoms with van der Waals surface area (Å²) in [6, 6.07) is 11.4. The number of ether oxygens (including phenoxy) is 2. The summed E-state index contributed by atoms with van der Waals surface area (Å²) in [5.74, 6) is 1.28. The fourth-order valence-electron chi connectivity index (χ4n) is 2.16. The third-order valence-corrected chi connectivity index (χ3v) is 4.66. The van der Waals surface area contributed by atoms with Crippen LogP contribution in [0.5, 0.6) is 11.5 Å². The molecule has 0 heterocycles. The van der Waals surface area contributed by atoms with E-state index in [1.165, 1.54) is 0 Å². The largest absolute Gasteiger partial charge is 0.496 e. The molecule has 0 radical (unpaired) electrons. The maximum atomic E-state index is 10.8. The van der Waals surface area contributed by atoms with Crippen molar-refractivity contribution in [2.75, 3.05) is 20.5 Å². The van der Waals surface area contributed by atoms with Crippen LogP contribution in [-0.4, -0.2) is 25.6 Å². The van der Waals surface area contributed by atoms with Gasteiger partial charge in [0.2, 0.25) is 0 Å². The van der Waals surface area contributed by atoms with Crippen molar-refractivity contribution in [3.63, 3.8) is 0 Å². The molecule has 0 aliphatic carbocycles. The minimum atomic E-state index is -0.773. The number of rotatable bonds is 5. The van der Waals surface area contributed by atoms with E-state index in [0.717, 1.165) is 14.9 Å². The number of hydrogen-bond donors (Lipinski definition) is 1. The molecule has 0 aliphatic heterocycles. The van der Waals surface area contributed by atoms with Gasteiger partial charge in [0.25, 0.3) is 0 Å². The second-order valence-corrected chi connectivity index (χ2v) is 6.08. The van der Waals surface area contributed by atoms with Crippen molar-refractivity contribution in [2.24, 2.45) is 0 Å². The van der Waals surface area contributed by atoms with Crippen LogP contribution in [-0.2, 0) is 0 Å². The molecule has 3 nitrogen and oxygen atoms in total. The van der Waals surface area contributed by atoms with E-state index in [0.29, 0.717) is 17.1 Å². The molecule has 1 unspecified atom stereocenters. The summed E-state index contributed by atoms with van der Waals surface area (Å²) in [6.45, 7) is 0. The Morgan fingerprint density at radius 2 is 1.71 bits per heavy atom. The van der Waals surface area contributed by atoms with E-state index in [1.54, 1.807) is 38.1 Å². The molecule has 0 amide bonds. The van der Waals surface area contributed by atoms with Crippen molar-refractivity contribution < 1.29 is 14.6 Å². The quantitative estimate of drug-likeness (QED) is 0.799. The van der Waals surface area contributed by atoms with Gasteiger partial charge in [0.1, 0.15) is 17.6 Å². The minimum Gasteiger partial charge on any atom is -0.496 e. The van der Waals surface area contributed by atoms with Crippen LogP contribution >= 0.6 is 27.7 Å². The van der Waals surface area contributed by atoms with Gasteiger partial charge in [0.05, 0.1) is 18.7 Å². The van der Waals surface area contributed by atoms with Gasteiger partial charge in [0, 0.05) is 10.5 Å². The first-order valence-electron chi connectivity index (χ1n) is 6.34. The van der Waals surface area contributed by atoms with Crippen LogP contribution in [0, 0.1) is 0 Å². The molecule has 0 saturated carbocycles. The molecule has 112 valence electrons. The fourth-order valence-corrected chi connectivity index (χ4v) is 3.27. The van der Waals surface area contributed by atoms with Gasteiger partial charge in [-0.05, 0) is 45.9 Å². The van der Waals surface area contributed by atoms with E-state index in [1.807, 2.05) is 30.5 Å². The lowest BCUT2D eigenvalue weighted by atomic mass is 10.0. The van der Waals surface area contributed by atoms with E-state index < -0.39 is 6.10 Å². The topological polar surface area (TPSA) is 38.7 Å². The van der Waals surface area contributed by atoms with Crippen molar-refractivity contribution in [1.29, 1.82) is 0 Å². The highest BCUT2D eigenvalue weighted by atomic mass is 79.9. The Kier molecular flexibility index (Phi) is 5.56. The zero-order valence-electron chi connectivity index (χ0n) is 12.1. The van der Waals surface area contributed by atoms with Crippen molar-refractivity contribution in [1.82, 2.24) is 0 Å². The average Bonchev–Trinajstić information content (AvgIpc) is 2.53. The summed E-state index contributed by atoms with van der Waals surface area (Å²) in [4.78, 5) is 1.04. The zero-order valence-corrected chi connectivity index (χ0v) is 14.5. The third-order valence-electron chi connectivity index (χ3n) is 3.23. The molecule has 0 aromatic heterocycles. The SMILES string of the molecule is COc1cc(C(O)c2ccccc2SC)c(OC)cc1Br. The summed E-state index contributed by atoms with van der Waals surface area (Å²) >= 11 is 5.03. The second kappa shape index (κ2) is 7.20. The van der Waals surface area contributed by atoms with Gasteiger partial charge in [-0.3, -0.25) is 0 Å². The number of halogens is 1. The maximum absolute atomic E-state index is 10.8. The van der Waals surface area contributed by atoms with Crippen LogP contribution in [0.25, 0.3) is 0 Å². The Balaban J connectivity index is 2.54. The van der Waals surface area contributed by atoms with E-state index >= 15 is 0 Å². The smallest absolute Gasteiger partial charge is 0.133 e. The molecule has 0 bridgehead atoms. The summed E-state index contributed by atoms with van der Waals surface area (Å²) in [6.07, 6.45) is 1.22. The Hall–Kier alpha value is -1.17. The van der Waals surface area contributed by atoms with Crippen molar-refractivity contribution in [3.05, 3.63) is 52.0 Å². The van der Waals surface area contributed by atoms with E-state index in [4.69, 9.17) is 9.47 Å². The van der Waals surface area contributed by atoms with Crippen LogP contribution in [0.1, 0.15) is 17.2 Å². The molecule has 0 spiro atoms. The molecule has 1 N–H and O–H groups in total. The molecule has 2 rings (SSSR count). The number of aliphatic hydroxyl groups excluding tert-OH is 1. The first kappa shape index (κ1) is 16.2. The summed E-state index contributed by atoms with van der Waals surface area (Å²) in [5.41, 5.74) is 1.53. The van der Waals surface area contributed by atoms with Crippen LogP contribution in [0.4, 0.5) is 0 Å². The number of aliphatic hydroxyl groups is 1. The van der Waals surface area contributed by atoms with Crippen LogP contribution in [0.2, 0.25) is 0 Å². The lowest BCUT2D eigenvalue weighted by Gasteiger charge is -2.19. The first-order valence-corrected chi connectivity index (χ1v) is 8.36. The number of thioether (sulfide) groups is 1. The van der Waals surface area contributed by atoms with Crippen molar-refractivity contribution in [2.45, 2.75) is 11.0 Å². The summed E-state index contributed by atoms with van der Waals surface area (Å²) in [7, 11) is 3.18. The van der Waals surface area contributed by atoms with Gasteiger partial charge in [-0.25, -0.2) is 0 Å². The third kappa shape index (κ3) is 3.36. The van der Waals surface area contributed by atoms with Crippen LogP contribution < -0.4 is 9.47 Å². The Labute approximate surface area is 137 Å². The van der Waals surface area contributed by atoms with Crippen molar-refractivity contribution >= 4 is 27.7 Å². The Morgan fingerprint density at radius 3 is 2.33 bits per heavy atom. The first-order chi connectivity index (χ1) is 10.1. The fraction of sp³-hybridized carbons (Fsp3) is 0.250. The summed E-state index contributed by atoms with van der Waals surface area (Å²) in [5, 5.41) is 10.8. The predicted octanol–water partition coefficient (Wildman–Crippen LogP) is 4.27. The molecule has 0 aliphatic rings. The minimum absolute atomic E-state index is 0.617. The molecule has 2 aromatic rings. The van der Waals surface area contributed by atoms with Gasteiger partial charge in [-0.15, -0.1) is 11.8 Å². The highest BCUT2D eigenvalue weighted by molar-refractivity contribution is 9.10. The molecule has 1 atom stereocenters. The molecule has 2 aromatic carbocycles. The second-order valence-electron chi connectivity index (χ2n) is 4.37. The standard InChI is InChI=1S/C16H17BrO3S/c1-19-13-9-12(17)14(20-2)8-11(13)16(18)10-6-4-5-7-15(10)21-3/h4-9,16,18H,1-3H3. The lowest BCUT2D eigenvalue weighted by Crippen LogP contribution is -2.04. The number of benzene rings is 2. The summed E-state index contributed by atoms with van der Waals surface area (Å²) < 4.78 is 11.5. The molecule has 0 saturated heterocycles. The van der Waals surface area contributed by atoms with E-state index in [-0.39, 0.29) is 0 Å². The van der Waals surface area contributed by atoms with Gasteiger partial charge in [-0.2, -0.15) is 0 Å². The van der Waals surface area contributed by atoms with Crippen LogP contribution in [0.3, 0.4) is 0 Å². The highest BCUT2D eigenvalue weighted by Gasteiger charge is 2.20. The average molecular weight is 369 g/mol. The van der Waals surface area contributed by atoms with E-state index in [9.17, 15) is 5.11 Å². The Bertz CT molecular complexity index is 631. The van der Waals surface area contributed by atoms with Gasteiger partial charge >= 0.3 is 0 Å². The lowest BCUT2D eigenvalue weighted by molar-refractivity contribution is 0.211. The Morgan fingerprint density at radius 1 is 1.05 bits per heavy atom. The van der Waals surface area contributed by atoms with Gasteiger partial charge in [0.15, 0.2) is 0 Å². The van der Waals surface area contributed by atoms with E-state index in [2.05, 4.69) is 15.9 Å².